The summed E-state index contributed by atoms with van der Waals surface area (Å²) in [4.78, 5) is 0. The van der Waals surface area contributed by atoms with Crippen LogP contribution < -0.4 is 0 Å². The van der Waals surface area contributed by atoms with Gasteiger partial charge in [-0.2, -0.15) is 17.0 Å². The standard InChI is InChI=1S/C14H22N2O4S/c1-11-10-19-9-8-15(11)21(17,18)16-7-3-4-13(16)14-6-5-12(2)20-14/h5-6,11,13H,3-4,7-10H2,1-2H3/t11-,13+/m0/s1. The zero-order valence-corrected chi connectivity index (χ0v) is 13.3. The van der Waals surface area contributed by atoms with Crippen LogP contribution in [0.1, 0.15) is 37.3 Å². The summed E-state index contributed by atoms with van der Waals surface area (Å²) in [5.74, 6) is 1.56. The second kappa shape index (κ2) is 5.72. The van der Waals surface area contributed by atoms with Gasteiger partial charge in [-0.1, -0.05) is 0 Å². The smallest absolute Gasteiger partial charge is 0.283 e. The van der Waals surface area contributed by atoms with E-state index >= 15 is 0 Å². The van der Waals surface area contributed by atoms with Gasteiger partial charge < -0.3 is 9.15 Å². The lowest BCUT2D eigenvalue weighted by Gasteiger charge is -2.36. The van der Waals surface area contributed by atoms with Crippen LogP contribution in [0.15, 0.2) is 16.5 Å². The molecule has 0 bridgehead atoms. The number of ether oxygens (including phenoxy) is 1. The number of aryl methyl sites for hydroxylation is 1. The van der Waals surface area contributed by atoms with Crippen molar-refractivity contribution in [2.75, 3.05) is 26.3 Å². The highest BCUT2D eigenvalue weighted by molar-refractivity contribution is 7.86. The second-order valence-electron chi connectivity index (χ2n) is 5.76. The van der Waals surface area contributed by atoms with Crippen LogP contribution in [0.5, 0.6) is 0 Å². The van der Waals surface area contributed by atoms with E-state index in [0.717, 1.165) is 24.4 Å². The lowest BCUT2D eigenvalue weighted by atomic mass is 10.2. The number of morpholine rings is 1. The molecule has 0 amide bonds. The van der Waals surface area contributed by atoms with Crippen LogP contribution in [-0.4, -0.2) is 49.4 Å². The molecule has 1 aromatic rings. The molecule has 7 heteroatoms. The molecule has 118 valence electrons. The van der Waals surface area contributed by atoms with Crippen molar-refractivity contribution in [3.05, 3.63) is 23.7 Å². The van der Waals surface area contributed by atoms with Crippen LogP contribution in [0.3, 0.4) is 0 Å². The van der Waals surface area contributed by atoms with E-state index in [1.807, 2.05) is 26.0 Å². The largest absolute Gasteiger partial charge is 0.465 e. The van der Waals surface area contributed by atoms with Gasteiger partial charge in [0.25, 0.3) is 10.2 Å². The van der Waals surface area contributed by atoms with Crippen molar-refractivity contribution in [3.8, 4) is 0 Å². The summed E-state index contributed by atoms with van der Waals surface area (Å²) in [7, 11) is -3.47. The van der Waals surface area contributed by atoms with Gasteiger partial charge in [0.1, 0.15) is 11.5 Å². The first kappa shape index (κ1) is 15.0. The van der Waals surface area contributed by atoms with Gasteiger partial charge in [-0.05, 0) is 38.8 Å². The third-order valence-corrected chi connectivity index (χ3v) is 6.36. The lowest BCUT2D eigenvalue weighted by Crippen LogP contribution is -2.52. The molecule has 0 radical (unpaired) electrons. The first-order valence-corrected chi connectivity index (χ1v) is 8.82. The Bertz CT molecular complexity index is 598. The molecule has 0 N–H and O–H groups in total. The summed E-state index contributed by atoms with van der Waals surface area (Å²) in [6.45, 7) is 5.65. The van der Waals surface area contributed by atoms with Gasteiger partial charge in [-0.25, -0.2) is 0 Å². The van der Waals surface area contributed by atoms with E-state index in [9.17, 15) is 8.42 Å². The molecule has 2 atom stereocenters. The summed E-state index contributed by atoms with van der Waals surface area (Å²) >= 11 is 0. The SMILES string of the molecule is Cc1ccc([C@H]2CCCN2S(=O)(=O)N2CCOC[C@@H]2C)o1. The molecule has 21 heavy (non-hydrogen) atoms. The molecule has 6 nitrogen and oxygen atoms in total. The zero-order chi connectivity index (χ0) is 15.0. The van der Waals surface area contributed by atoms with Crippen molar-refractivity contribution in [1.29, 1.82) is 0 Å². The van der Waals surface area contributed by atoms with E-state index in [2.05, 4.69) is 0 Å². The van der Waals surface area contributed by atoms with Crippen molar-refractivity contribution in [2.45, 2.75) is 38.8 Å². The molecule has 2 saturated heterocycles. The van der Waals surface area contributed by atoms with E-state index in [4.69, 9.17) is 9.15 Å². The summed E-state index contributed by atoms with van der Waals surface area (Å²) in [5, 5.41) is 0. The number of furan rings is 1. The monoisotopic (exact) mass is 314 g/mol. The quantitative estimate of drug-likeness (QED) is 0.852. The Morgan fingerprint density at radius 1 is 1.24 bits per heavy atom. The van der Waals surface area contributed by atoms with Crippen LogP contribution in [0.2, 0.25) is 0 Å². The van der Waals surface area contributed by atoms with Crippen LogP contribution in [0.4, 0.5) is 0 Å². The topological polar surface area (TPSA) is 63.0 Å². The van der Waals surface area contributed by atoms with Crippen molar-refractivity contribution < 1.29 is 17.6 Å². The van der Waals surface area contributed by atoms with Gasteiger partial charge >= 0.3 is 0 Å². The third kappa shape index (κ3) is 2.75. The van der Waals surface area contributed by atoms with Gasteiger partial charge in [-0.15, -0.1) is 0 Å². The van der Waals surface area contributed by atoms with E-state index in [1.165, 1.54) is 0 Å². The first-order chi connectivity index (χ1) is 10.00. The molecule has 0 aromatic carbocycles. The van der Waals surface area contributed by atoms with Crippen molar-refractivity contribution in [2.24, 2.45) is 0 Å². The maximum Gasteiger partial charge on any atom is 0.283 e. The molecule has 1 aromatic heterocycles. The van der Waals surface area contributed by atoms with Crippen molar-refractivity contribution >= 4 is 10.2 Å². The molecule has 2 aliphatic rings. The van der Waals surface area contributed by atoms with Gasteiger partial charge in [0.15, 0.2) is 0 Å². The van der Waals surface area contributed by atoms with Gasteiger partial charge in [0.2, 0.25) is 0 Å². The molecular formula is C14H22N2O4S. The normalized spacial score (nSPS) is 29.0. The van der Waals surface area contributed by atoms with Crippen LogP contribution in [-0.2, 0) is 14.9 Å². The van der Waals surface area contributed by atoms with E-state index in [0.29, 0.717) is 26.3 Å². The minimum absolute atomic E-state index is 0.122. The minimum atomic E-state index is -3.47. The fourth-order valence-electron chi connectivity index (χ4n) is 3.12. The minimum Gasteiger partial charge on any atom is -0.465 e. The average Bonchev–Trinajstić information content (AvgIpc) is 3.07. The summed E-state index contributed by atoms with van der Waals surface area (Å²) < 4.78 is 40.0. The van der Waals surface area contributed by atoms with Crippen LogP contribution in [0.25, 0.3) is 0 Å². The van der Waals surface area contributed by atoms with Gasteiger partial charge in [-0.3, -0.25) is 0 Å². The fraction of sp³-hybridized carbons (Fsp3) is 0.714. The van der Waals surface area contributed by atoms with Crippen molar-refractivity contribution in [1.82, 2.24) is 8.61 Å². The highest BCUT2D eigenvalue weighted by Crippen LogP contribution is 2.36. The molecule has 2 aliphatic heterocycles. The lowest BCUT2D eigenvalue weighted by molar-refractivity contribution is 0.0359. The molecule has 0 unspecified atom stereocenters. The van der Waals surface area contributed by atoms with E-state index in [-0.39, 0.29) is 12.1 Å². The van der Waals surface area contributed by atoms with Gasteiger partial charge in [0, 0.05) is 19.1 Å². The average molecular weight is 314 g/mol. The Morgan fingerprint density at radius 3 is 2.71 bits per heavy atom. The molecule has 0 spiro atoms. The molecule has 0 aliphatic carbocycles. The zero-order valence-electron chi connectivity index (χ0n) is 12.5. The number of rotatable bonds is 3. The number of hydrogen-bond donors (Lipinski definition) is 0. The highest BCUT2D eigenvalue weighted by atomic mass is 32.2. The Morgan fingerprint density at radius 2 is 2.05 bits per heavy atom. The molecule has 0 saturated carbocycles. The van der Waals surface area contributed by atoms with E-state index in [1.54, 1.807) is 8.61 Å². The molecule has 2 fully saturated rings. The summed E-state index contributed by atoms with van der Waals surface area (Å²) in [6.07, 6.45) is 1.67. The third-order valence-electron chi connectivity index (χ3n) is 4.19. The molecular weight excluding hydrogens is 292 g/mol. The Hall–Kier alpha value is -0.890. The maximum atomic E-state index is 12.9. The van der Waals surface area contributed by atoms with Crippen molar-refractivity contribution in [3.63, 3.8) is 0 Å². The highest BCUT2D eigenvalue weighted by Gasteiger charge is 2.42. The van der Waals surface area contributed by atoms with Crippen LogP contribution in [0, 0.1) is 6.92 Å². The Kier molecular flexibility index (Phi) is 4.09. The predicted octanol–water partition coefficient (Wildman–Crippen LogP) is 1.69. The predicted molar refractivity (Wildman–Crippen MR) is 78.0 cm³/mol. The fourth-order valence-corrected chi connectivity index (χ4v) is 5.10. The summed E-state index contributed by atoms with van der Waals surface area (Å²) in [6, 6.07) is 3.47. The van der Waals surface area contributed by atoms with Crippen LogP contribution >= 0.6 is 0 Å². The molecule has 3 heterocycles. The number of hydrogen-bond acceptors (Lipinski definition) is 4. The second-order valence-corrected chi connectivity index (χ2v) is 7.59. The molecule has 3 rings (SSSR count). The summed E-state index contributed by atoms with van der Waals surface area (Å²) in [5.41, 5.74) is 0. The Balaban J connectivity index is 1.86. The number of nitrogens with zero attached hydrogens (tertiary/aromatic N) is 2. The maximum absolute atomic E-state index is 12.9. The first-order valence-electron chi connectivity index (χ1n) is 7.43. The van der Waals surface area contributed by atoms with Gasteiger partial charge in [0.05, 0.1) is 19.3 Å². The Labute approximate surface area is 125 Å². The van der Waals surface area contributed by atoms with E-state index < -0.39 is 10.2 Å².